The predicted molar refractivity (Wildman–Crippen MR) is 103 cm³/mol. The molecule has 3 aliphatic heterocycles. The van der Waals surface area contributed by atoms with Gasteiger partial charge in [-0.25, -0.2) is 9.48 Å². The van der Waals surface area contributed by atoms with Crippen LogP contribution in [0, 0.1) is 0 Å². The van der Waals surface area contributed by atoms with Crippen molar-refractivity contribution in [1.82, 2.24) is 24.5 Å². The van der Waals surface area contributed by atoms with Gasteiger partial charge < -0.3 is 23.7 Å². The molecule has 5 heterocycles. The van der Waals surface area contributed by atoms with Crippen molar-refractivity contribution >= 4 is 0 Å². The maximum absolute atomic E-state index is 11.9. The molecule has 0 spiro atoms. The molecule has 0 unspecified atom stereocenters. The van der Waals surface area contributed by atoms with E-state index in [1.807, 2.05) is 27.7 Å². The zero-order valence-electron chi connectivity index (χ0n) is 17.7. The molecular formula is C19H25N5O7. The van der Waals surface area contributed by atoms with Crippen LogP contribution in [-0.4, -0.2) is 66.8 Å². The van der Waals surface area contributed by atoms with Gasteiger partial charge in [-0.15, -0.1) is 5.10 Å². The number of hydrogen-bond acceptors (Lipinski definition) is 9. The Bertz CT molecular complexity index is 1090. The molecule has 5 atom stereocenters. The largest absolute Gasteiger partial charge is 0.342 e. The van der Waals surface area contributed by atoms with Gasteiger partial charge in [0.2, 0.25) is 0 Å². The van der Waals surface area contributed by atoms with E-state index in [9.17, 15) is 9.59 Å². The zero-order valence-corrected chi connectivity index (χ0v) is 17.7. The first-order valence-electron chi connectivity index (χ1n) is 10.1. The monoisotopic (exact) mass is 435 g/mol. The third-order valence-corrected chi connectivity index (χ3v) is 5.43. The molecule has 12 nitrogen and oxygen atoms in total. The molecule has 0 aliphatic carbocycles. The second-order valence-electron chi connectivity index (χ2n) is 8.88. The topological polar surface area (TPSA) is 132 Å². The summed E-state index contributed by atoms with van der Waals surface area (Å²) in [4.78, 5) is 25.3. The van der Waals surface area contributed by atoms with Gasteiger partial charge in [0.05, 0.1) is 19.3 Å². The van der Waals surface area contributed by atoms with Crippen molar-refractivity contribution in [3.05, 3.63) is 45.0 Å². The van der Waals surface area contributed by atoms with Crippen molar-refractivity contribution in [3.63, 3.8) is 0 Å². The van der Waals surface area contributed by atoms with Gasteiger partial charge in [0.25, 0.3) is 5.56 Å². The molecule has 3 saturated heterocycles. The highest BCUT2D eigenvalue weighted by Crippen LogP contribution is 2.44. The van der Waals surface area contributed by atoms with E-state index in [2.05, 4.69) is 15.3 Å². The fraction of sp³-hybridized carbons (Fsp3) is 0.684. The summed E-state index contributed by atoms with van der Waals surface area (Å²) >= 11 is 0. The lowest BCUT2D eigenvalue weighted by molar-refractivity contribution is -0.236. The van der Waals surface area contributed by atoms with Crippen LogP contribution in [0.5, 0.6) is 0 Å². The zero-order chi connectivity index (χ0) is 22.0. The van der Waals surface area contributed by atoms with E-state index in [-0.39, 0.29) is 18.8 Å². The minimum Gasteiger partial charge on any atom is -0.342 e. The molecule has 2 aromatic rings. The van der Waals surface area contributed by atoms with E-state index in [1.165, 1.54) is 16.8 Å². The summed E-state index contributed by atoms with van der Waals surface area (Å²) in [5, 5.41) is 8.27. The standard InChI is InChI=1S/C19H25N5O7/c1-18(2)28-13-11(27-16-15(14(13)29-18)30-19(3,4)31-16)9-24-8-10(21-22-24)7-23-6-5-12(25)20-17(23)26/h5-6,8,11,13-16H,7,9H2,1-4H3,(H,20,25,26)/t11-,13+,14+,15-,16-/m1/s1. The quantitative estimate of drug-likeness (QED) is 0.680. The van der Waals surface area contributed by atoms with Crippen LogP contribution in [-0.2, 0) is 36.8 Å². The number of hydrogen-bond donors (Lipinski definition) is 1. The number of nitrogens with one attached hydrogen (secondary N) is 1. The molecule has 12 heteroatoms. The van der Waals surface area contributed by atoms with Crippen molar-refractivity contribution in [3.8, 4) is 0 Å². The molecule has 0 amide bonds. The highest BCUT2D eigenvalue weighted by molar-refractivity contribution is 5.01. The predicted octanol–water partition coefficient (Wildman–Crippen LogP) is -0.427. The van der Waals surface area contributed by atoms with Gasteiger partial charge in [-0.05, 0) is 27.7 Å². The van der Waals surface area contributed by atoms with Crippen LogP contribution in [0.3, 0.4) is 0 Å². The van der Waals surface area contributed by atoms with E-state index in [0.717, 1.165) is 0 Å². The number of ether oxygens (including phenoxy) is 5. The summed E-state index contributed by atoms with van der Waals surface area (Å²) in [5.74, 6) is -1.56. The normalized spacial score (nSPS) is 33.2. The van der Waals surface area contributed by atoms with E-state index in [4.69, 9.17) is 23.7 Å². The van der Waals surface area contributed by atoms with Crippen molar-refractivity contribution in [2.75, 3.05) is 0 Å². The molecule has 3 aliphatic rings. The van der Waals surface area contributed by atoms with Crippen LogP contribution in [0.25, 0.3) is 0 Å². The molecule has 31 heavy (non-hydrogen) atoms. The maximum atomic E-state index is 11.9. The highest BCUT2D eigenvalue weighted by Gasteiger charge is 2.60. The summed E-state index contributed by atoms with van der Waals surface area (Å²) in [6.07, 6.45) is 1.04. The second-order valence-corrected chi connectivity index (χ2v) is 8.88. The number of fused-ring (bicyclic) bond motifs is 3. The molecule has 2 aromatic heterocycles. The molecule has 168 valence electrons. The first kappa shape index (κ1) is 20.5. The average molecular weight is 435 g/mol. The number of H-pyrrole nitrogens is 1. The summed E-state index contributed by atoms with van der Waals surface area (Å²) in [7, 11) is 0. The molecule has 1 N–H and O–H groups in total. The Morgan fingerprint density at radius 3 is 2.52 bits per heavy atom. The van der Waals surface area contributed by atoms with Crippen LogP contribution in [0.1, 0.15) is 33.4 Å². The van der Waals surface area contributed by atoms with E-state index < -0.39 is 41.3 Å². The Balaban J connectivity index is 1.34. The van der Waals surface area contributed by atoms with Crippen molar-refractivity contribution in [2.24, 2.45) is 0 Å². The van der Waals surface area contributed by atoms with E-state index in [0.29, 0.717) is 12.2 Å². The number of rotatable bonds is 4. The van der Waals surface area contributed by atoms with Crippen LogP contribution in [0.4, 0.5) is 0 Å². The fourth-order valence-corrected chi connectivity index (χ4v) is 4.27. The van der Waals surface area contributed by atoms with Gasteiger partial charge in [0, 0.05) is 12.3 Å². The van der Waals surface area contributed by atoms with Gasteiger partial charge >= 0.3 is 5.69 Å². The molecular weight excluding hydrogens is 410 g/mol. The number of aromatic nitrogens is 5. The van der Waals surface area contributed by atoms with Crippen LogP contribution in [0.15, 0.2) is 28.0 Å². The lowest BCUT2D eigenvalue weighted by Crippen LogP contribution is -2.56. The Labute approximate surface area is 177 Å². The van der Waals surface area contributed by atoms with Gasteiger partial charge in [-0.1, -0.05) is 5.21 Å². The molecule has 5 rings (SSSR count). The number of nitrogens with zero attached hydrogens (tertiary/aromatic N) is 4. The molecule has 0 bridgehead atoms. The fourth-order valence-electron chi connectivity index (χ4n) is 4.27. The van der Waals surface area contributed by atoms with Gasteiger partial charge in [-0.2, -0.15) is 0 Å². The van der Waals surface area contributed by atoms with Crippen LogP contribution < -0.4 is 11.2 Å². The summed E-state index contributed by atoms with van der Waals surface area (Å²) in [5.41, 5.74) is -0.397. The first-order chi connectivity index (χ1) is 14.6. The van der Waals surface area contributed by atoms with Gasteiger partial charge in [-0.3, -0.25) is 14.3 Å². The summed E-state index contributed by atoms with van der Waals surface area (Å²) in [6, 6.07) is 1.28. The van der Waals surface area contributed by atoms with E-state index in [1.54, 1.807) is 10.9 Å². The highest BCUT2D eigenvalue weighted by atomic mass is 16.9. The molecule has 0 radical (unpaired) electrons. The lowest BCUT2D eigenvalue weighted by atomic mass is 9.99. The maximum Gasteiger partial charge on any atom is 0.328 e. The lowest BCUT2D eigenvalue weighted by Gasteiger charge is -2.37. The first-order valence-corrected chi connectivity index (χ1v) is 10.1. The van der Waals surface area contributed by atoms with Crippen molar-refractivity contribution in [2.45, 2.75) is 83.1 Å². The Kier molecular flexibility index (Phi) is 4.68. The minimum atomic E-state index is -0.783. The smallest absolute Gasteiger partial charge is 0.328 e. The molecule has 0 aromatic carbocycles. The summed E-state index contributed by atoms with van der Waals surface area (Å²) in [6.45, 7) is 7.91. The van der Waals surface area contributed by atoms with Gasteiger partial charge in [0.1, 0.15) is 30.1 Å². The Morgan fingerprint density at radius 2 is 1.74 bits per heavy atom. The minimum absolute atomic E-state index is 0.176. The van der Waals surface area contributed by atoms with Crippen LogP contribution in [0.2, 0.25) is 0 Å². The number of aromatic amines is 1. The SMILES string of the molecule is CC1(C)O[C@H]2[C@@H](O1)[C@@H](Cn1cc(Cn3ccc(=O)[nH]c3=O)nn1)O[C@@H]1OC(C)(C)O[C@@H]12. The Morgan fingerprint density at radius 1 is 1.03 bits per heavy atom. The van der Waals surface area contributed by atoms with Crippen molar-refractivity contribution < 1.29 is 23.7 Å². The second kappa shape index (κ2) is 7.07. The summed E-state index contributed by atoms with van der Waals surface area (Å²) < 4.78 is 33.3. The van der Waals surface area contributed by atoms with Gasteiger partial charge in [0.15, 0.2) is 17.9 Å². The Hall–Kier alpha value is -2.38. The van der Waals surface area contributed by atoms with E-state index >= 15 is 0 Å². The van der Waals surface area contributed by atoms with Crippen LogP contribution >= 0.6 is 0 Å². The molecule has 3 fully saturated rings. The van der Waals surface area contributed by atoms with Crippen molar-refractivity contribution in [1.29, 1.82) is 0 Å². The third kappa shape index (κ3) is 3.96. The average Bonchev–Trinajstić information content (AvgIpc) is 3.31. The molecule has 0 saturated carbocycles. The third-order valence-electron chi connectivity index (χ3n) is 5.43.